The number of carboxylic acids is 1. The summed E-state index contributed by atoms with van der Waals surface area (Å²) in [7, 11) is 0. The quantitative estimate of drug-likeness (QED) is 0.353. The molecule has 0 spiro atoms. The van der Waals surface area contributed by atoms with Gasteiger partial charge >= 0.3 is 5.97 Å². The molecule has 0 unspecified atom stereocenters. The van der Waals surface area contributed by atoms with Crippen LogP contribution in [0.15, 0.2) is 0 Å². The lowest BCUT2D eigenvalue weighted by Crippen LogP contribution is -2.38. The normalized spacial score (nSPS) is 15.4. The van der Waals surface area contributed by atoms with E-state index >= 15 is 0 Å². The van der Waals surface area contributed by atoms with Gasteiger partial charge in [-0.3, -0.25) is 19.2 Å². The highest BCUT2D eigenvalue weighted by molar-refractivity contribution is 6.00. The summed E-state index contributed by atoms with van der Waals surface area (Å²) in [4.78, 5) is 47.6. The summed E-state index contributed by atoms with van der Waals surface area (Å²) in [5.41, 5.74) is 0. The number of amides is 3. The lowest BCUT2D eigenvalue weighted by atomic mass is 10.4. The van der Waals surface area contributed by atoms with Crippen molar-refractivity contribution in [2.75, 3.05) is 6.54 Å². The molecule has 1 saturated heterocycles. The molecule has 1 heterocycles. The molecule has 0 bridgehead atoms. The minimum absolute atomic E-state index is 0.0322. The van der Waals surface area contributed by atoms with E-state index in [0.717, 1.165) is 0 Å². The van der Waals surface area contributed by atoms with Crippen LogP contribution in [0.4, 0.5) is 0 Å². The van der Waals surface area contributed by atoms with Crippen LogP contribution in [0.25, 0.3) is 0 Å². The van der Waals surface area contributed by atoms with Crippen molar-refractivity contribution in [3.63, 3.8) is 0 Å². The standard InChI is InChI=1S/C8H10N2O6/c11-5-9(4-3-8(14)15)16-10-6(12)1-2-7(10)13/h5H,1-4H2,(H,14,15). The number of carboxylic acid groups (broad SMARTS) is 1. The maximum atomic E-state index is 11.1. The molecule has 16 heavy (non-hydrogen) atoms. The first kappa shape index (κ1) is 12.1. The average molecular weight is 230 g/mol. The van der Waals surface area contributed by atoms with E-state index in [1.165, 1.54) is 0 Å². The molecule has 0 aromatic heterocycles. The predicted molar refractivity (Wildman–Crippen MR) is 47.2 cm³/mol. The van der Waals surface area contributed by atoms with Gasteiger partial charge in [0, 0.05) is 12.8 Å². The van der Waals surface area contributed by atoms with Crippen molar-refractivity contribution in [3.8, 4) is 0 Å². The molecule has 0 aromatic carbocycles. The third-order valence-electron chi connectivity index (χ3n) is 1.86. The van der Waals surface area contributed by atoms with Gasteiger partial charge in [-0.1, -0.05) is 0 Å². The molecule has 1 aliphatic heterocycles. The van der Waals surface area contributed by atoms with Crippen molar-refractivity contribution >= 4 is 24.2 Å². The molecule has 0 aliphatic carbocycles. The summed E-state index contributed by atoms with van der Waals surface area (Å²) in [6.45, 7) is -0.240. The van der Waals surface area contributed by atoms with E-state index in [0.29, 0.717) is 10.1 Å². The second kappa shape index (κ2) is 5.21. The molecule has 0 saturated carbocycles. The highest BCUT2D eigenvalue weighted by Crippen LogP contribution is 2.12. The first-order valence-electron chi connectivity index (χ1n) is 4.52. The van der Waals surface area contributed by atoms with E-state index in [4.69, 9.17) is 5.11 Å². The Labute approximate surface area is 90.3 Å². The van der Waals surface area contributed by atoms with E-state index in [9.17, 15) is 19.2 Å². The van der Waals surface area contributed by atoms with E-state index in [-0.39, 0.29) is 32.2 Å². The number of imide groups is 1. The number of aliphatic carboxylic acids is 1. The molecule has 1 fully saturated rings. The fourth-order valence-electron chi connectivity index (χ4n) is 1.07. The highest BCUT2D eigenvalue weighted by Gasteiger charge is 2.32. The van der Waals surface area contributed by atoms with Crippen LogP contribution in [0.3, 0.4) is 0 Å². The van der Waals surface area contributed by atoms with Crippen LogP contribution in [-0.4, -0.2) is 46.0 Å². The number of hydrogen-bond acceptors (Lipinski definition) is 5. The average Bonchev–Trinajstić information content (AvgIpc) is 2.54. The molecule has 8 nitrogen and oxygen atoms in total. The zero-order valence-corrected chi connectivity index (χ0v) is 8.29. The van der Waals surface area contributed by atoms with Crippen molar-refractivity contribution < 1.29 is 29.2 Å². The smallest absolute Gasteiger partial charge is 0.305 e. The molecule has 1 N–H and O–H groups in total. The van der Waals surface area contributed by atoms with Crippen molar-refractivity contribution in [1.82, 2.24) is 10.1 Å². The van der Waals surface area contributed by atoms with Gasteiger partial charge in [-0.25, -0.2) is 0 Å². The van der Waals surface area contributed by atoms with Gasteiger partial charge in [0.05, 0.1) is 13.0 Å². The Balaban J connectivity index is 2.49. The number of hydroxylamine groups is 4. The molecule has 0 radical (unpaired) electrons. The van der Waals surface area contributed by atoms with Crippen LogP contribution >= 0.6 is 0 Å². The summed E-state index contributed by atoms with van der Waals surface area (Å²) in [6, 6.07) is 0. The van der Waals surface area contributed by atoms with Crippen LogP contribution in [-0.2, 0) is 24.1 Å². The number of rotatable bonds is 6. The second-order valence-electron chi connectivity index (χ2n) is 3.05. The topological polar surface area (TPSA) is 104 Å². The van der Waals surface area contributed by atoms with Gasteiger partial charge in [-0.05, 0) is 0 Å². The van der Waals surface area contributed by atoms with Crippen LogP contribution in [0.1, 0.15) is 19.3 Å². The monoisotopic (exact) mass is 230 g/mol. The predicted octanol–water partition coefficient (Wildman–Crippen LogP) is -1.08. The molecule has 0 atom stereocenters. The summed E-state index contributed by atoms with van der Waals surface area (Å²) < 4.78 is 0. The van der Waals surface area contributed by atoms with Gasteiger partial charge < -0.3 is 5.11 Å². The summed E-state index contributed by atoms with van der Waals surface area (Å²) in [6.07, 6.45) is -0.0638. The third-order valence-corrected chi connectivity index (χ3v) is 1.86. The summed E-state index contributed by atoms with van der Waals surface area (Å²) >= 11 is 0. The van der Waals surface area contributed by atoms with Crippen molar-refractivity contribution in [3.05, 3.63) is 0 Å². The SMILES string of the molecule is O=CN(CCC(=O)O)ON1C(=O)CCC1=O. The Bertz CT molecular complexity index is 312. The maximum absolute atomic E-state index is 11.1. The Hall–Kier alpha value is -1.96. The largest absolute Gasteiger partial charge is 0.481 e. The molecule has 1 rings (SSSR count). The van der Waals surface area contributed by atoms with Gasteiger partial charge in [0.2, 0.25) is 6.41 Å². The molecular formula is C8H10N2O6. The molecule has 3 amide bonds. The molecule has 1 aliphatic rings. The fourth-order valence-corrected chi connectivity index (χ4v) is 1.07. The number of hydrogen-bond donors (Lipinski definition) is 1. The van der Waals surface area contributed by atoms with Gasteiger partial charge in [0.25, 0.3) is 11.8 Å². The lowest BCUT2D eigenvalue weighted by molar-refractivity contribution is -0.276. The fraction of sp³-hybridized carbons (Fsp3) is 0.500. The zero-order chi connectivity index (χ0) is 12.1. The molecular weight excluding hydrogens is 220 g/mol. The molecule has 8 heteroatoms. The first-order valence-corrected chi connectivity index (χ1v) is 4.52. The Kier molecular flexibility index (Phi) is 3.95. The third kappa shape index (κ3) is 3.02. The minimum atomic E-state index is -1.12. The number of carbonyl (C=O) groups excluding carboxylic acids is 3. The van der Waals surface area contributed by atoms with E-state index < -0.39 is 17.8 Å². The van der Waals surface area contributed by atoms with E-state index in [1.54, 1.807) is 0 Å². The number of carbonyl (C=O) groups is 4. The summed E-state index contributed by atoms with van der Waals surface area (Å²) in [5, 5.41) is 9.44. The number of nitrogens with zero attached hydrogens (tertiary/aromatic N) is 2. The van der Waals surface area contributed by atoms with Crippen LogP contribution in [0.2, 0.25) is 0 Å². The van der Waals surface area contributed by atoms with Gasteiger partial charge in [0.1, 0.15) is 0 Å². The molecule has 88 valence electrons. The minimum Gasteiger partial charge on any atom is -0.481 e. The highest BCUT2D eigenvalue weighted by atomic mass is 16.8. The first-order chi connectivity index (χ1) is 7.54. The second-order valence-corrected chi connectivity index (χ2v) is 3.05. The Morgan fingerprint density at radius 1 is 1.44 bits per heavy atom. The van der Waals surface area contributed by atoms with Crippen LogP contribution in [0, 0.1) is 0 Å². The van der Waals surface area contributed by atoms with Crippen molar-refractivity contribution in [1.29, 1.82) is 0 Å². The van der Waals surface area contributed by atoms with E-state index in [2.05, 4.69) is 4.94 Å². The van der Waals surface area contributed by atoms with Crippen molar-refractivity contribution in [2.45, 2.75) is 19.3 Å². The van der Waals surface area contributed by atoms with Gasteiger partial charge in [-0.15, -0.1) is 10.0 Å². The molecule has 0 aromatic rings. The summed E-state index contributed by atoms with van der Waals surface area (Å²) in [5.74, 6) is -2.21. The van der Waals surface area contributed by atoms with Gasteiger partial charge in [0.15, 0.2) is 0 Å². The lowest BCUT2D eigenvalue weighted by Gasteiger charge is -2.20. The van der Waals surface area contributed by atoms with E-state index in [1.807, 2.05) is 0 Å². The van der Waals surface area contributed by atoms with Crippen molar-refractivity contribution in [2.24, 2.45) is 0 Å². The van der Waals surface area contributed by atoms with Crippen LogP contribution < -0.4 is 0 Å². The van der Waals surface area contributed by atoms with Crippen LogP contribution in [0.5, 0.6) is 0 Å². The Morgan fingerprint density at radius 2 is 2.00 bits per heavy atom. The maximum Gasteiger partial charge on any atom is 0.305 e. The van der Waals surface area contributed by atoms with Gasteiger partial charge in [-0.2, -0.15) is 5.06 Å². The Morgan fingerprint density at radius 3 is 2.44 bits per heavy atom. The zero-order valence-electron chi connectivity index (χ0n) is 8.29.